The van der Waals surface area contributed by atoms with Gasteiger partial charge in [0.1, 0.15) is 11.5 Å². The second-order valence-electron chi connectivity index (χ2n) is 3.27. The highest BCUT2D eigenvalue weighted by atomic mass is 32.2. The Kier molecular flexibility index (Phi) is 6.27. The van der Waals surface area contributed by atoms with Gasteiger partial charge in [0.15, 0.2) is 0 Å². The molecule has 0 spiro atoms. The van der Waals surface area contributed by atoms with Crippen molar-refractivity contribution >= 4 is 16.7 Å². The third-order valence-electron chi connectivity index (χ3n) is 1.86. The van der Waals surface area contributed by atoms with Gasteiger partial charge >= 0.3 is 0 Å². The first kappa shape index (κ1) is 13.7. The van der Waals surface area contributed by atoms with Gasteiger partial charge in [-0.3, -0.25) is 9.00 Å². The number of hydrogen-bond acceptors (Lipinski definition) is 4. The van der Waals surface area contributed by atoms with E-state index in [-0.39, 0.29) is 24.0 Å². The molecule has 0 radical (unpaired) electrons. The van der Waals surface area contributed by atoms with Crippen LogP contribution < -0.4 is 5.32 Å². The molecular weight excluding hydrogens is 242 g/mol. The molecule has 0 aliphatic heterocycles. The van der Waals surface area contributed by atoms with Gasteiger partial charge in [-0.25, -0.2) is 0 Å². The maximum Gasteiger partial charge on any atom is 0.232 e. The molecule has 0 bridgehead atoms. The molecule has 1 aromatic heterocycles. The van der Waals surface area contributed by atoms with Crippen LogP contribution in [-0.2, 0) is 21.3 Å². The Bertz CT molecular complexity index is 386. The molecule has 17 heavy (non-hydrogen) atoms. The maximum absolute atomic E-state index is 11.5. The fourth-order valence-electron chi connectivity index (χ4n) is 1.13. The van der Waals surface area contributed by atoms with E-state index >= 15 is 0 Å². The summed E-state index contributed by atoms with van der Waals surface area (Å²) >= 11 is 0. The minimum Gasteiger partial charge on any atom is -0.468 e. The van der Waals surface area contributed by atoms with Gasteiger partial charge in [-0.15, -0.1) is 0 Å². The molecule has 0 saturated carbocycles. The molecule has 0 fully saturated rings. The molecule has 1 unspecified atom stereocenters. The monoisotopic (exact) mass is 257 g/mol. The maximum atomic E-state index is 11.5. The van der Waals surface area contributed by atoms with Crippen molar-refractivity contribution in [2.24, 2.45) is 0 Å². The van der Waals surface area contributed by atoms with E-state index in [0.29, 0.717) is 12.3 Å². The topological polar surface area (TPSA) is 79.5 Å². The molecule has 1 heterocycles. The summed E-state index contributed by atoms with van der Waals surface area (Å²) in [5.74, 6) is 0.523. The Labute approximate surface area is 102 Å². The van der Waals surface area contributed by atoms with Gasteiger partial charge in [0.2, 0.25) is 5.91 Å². The van der Waals surface area contributed by atoms with Crippen LogP contribution in [0.2, 0.25) is 0 Å². The van der Waals surface area contributed by atoms with Gasteiger partial charge in [-0.1, -0.05) is 12.2 Å². The lowest BCUT2D eigenvalue weighted by molar-refractivity contribution is -0.118. The van der Waals surface area contributed by atoms with Crippen molar-refractivity contribution in [1.29, 1.82) is 0 Å². The lowest BCUT2D eigenvalue weighted by Gasteiger charge is -2.01. The molecule has 1 aromatic rings. The fourth-order valence-corrected chi connectivity index (χ4v) is 2.11. The van der Waals surface area contributed by atoms with E-state index in [1.165, 1.54) is 12.3 Å². The quantitative estimate of drug-likeness (QED) is 0.684. The van der Waals surface area contributed by atoms with Gasteiger partial charge in [-0.2, -0.15) is 0 Å². The molecule has 0 aliphatic carbocycles. The predicted octanol–water partition coefficient (Wildman–Crippen LogP) is 0.193. The van der Waals surface area contributed by atoms with Gasteiger partial charge in [0, 0.05) is 17.3 Å². The van der Waals surface area contributed by atoms with Crippen molar-refractivity contribution in [2.45, 2.75) is 5.75 Å². The van der Waals surface area contributed by atoms with Crippen molar-refractivity contribution in [3.05, 3.63) is 36.3 Å². The van der Waals surface area contributed by atoms with Crippen molar-refractivity contribution in [3.63, 3.8) is 0 Å². The van der Waals surface area contributed by atoms with Crippen LogP contribution in [0.5, 0.6) is 0 Å². The Morgan fingerprint density at radius 3 is 3.00 bits per heavy atom. The molecule has 1 rings (SSSR count). The minimum absolute atomic E-state index is 0.0480. The van der Waals surface area contributed by atoms with Gasteiger partial charge in [0.25, 0.3) is 0 Å². The number of amides is 1. The standard InChI is InChI=1S/C11H15NO4S/c13-6-2-1-5-12-11(14)9-17(15)8-10-4-3-7-16-10/h1-4,7,13H,5-6,8-9H2,(H,12,14). The molecule has 94 valence electrons. The van der Waals surface area contributed by atoms with Crippen LogP contribution in [-0.4, -0.2) is 34.1 Å². The van der Waals surface area contributed by atoms with Gasteiger partial charge < -0.3 is 14.8 Å². The van der Waals surface area contributed by atoms with E-state index in [2.05, 4.69) is 5.32 Å². The van der Waals surface area contributed by atoms with Crippen LogP contribution in [0.3, 0.4) is 0 Å². The SMILES string of the molecule is O=C(CS(=O)Cc1ccco1)NCC=CCO. The molecular formula is C11H15NO4S. The first-order valence-electron chi connectivity index (χ1n) is 5.12. The summed E-state index contributed by atoms with van der Waals surface area (Å²) < 4.78 is 16.6. The molecule has 0 aliphatic rings. The van der Waals surface area contributed by atoms with Crippen LogP contribution >= 0.6 is 0 Å². The Morgan fingerprint density at radius 2 is 2.35 bits per heavy atom. The van der Waals surface area contributed by atoms with E-state index in [1.807, 2.05) is 0 Å². The summed E-state index contributed by atoms with van der Waals surface area (Å²) in [7, 11) is -1.27. The number of carbonyl (C=O) groups is 1. The number of aliphatic hydroxyl groups excluding tert-OH is 1. The van der Waals surface area contributed by atoms with Crippen LogP contribution in [0, 0.1) is 0 Å². The first-order valence-corrected chi connectivity index (χ1v) is 6.61. The largest absolute Gasteiger partial charge is 0.468 e. The van der Waals surface area contributed by atoms with Crippen molar-refractivity contribution in [2.75, 3.05) is 18.9 Å². The van der Waals surface area contributed by atoms with Crippen LogP contribution in [0.1, 0.15) is 5.76 Å². The summed E-state index contributed by atoms with van der Waals surface area (Å²) in [4.78, 5) is 11.3. The first-order chi connectivity index (χ1) is 8.22. The molecule has 6 heteroatoms. The Balaban J connectivity index is 2.22. The molecule has 5 nitrogen and oxygen atoms in total. The number of nitrogens with one attached hydrogen (secondary N) is 1. The number of aliphatic hydroxyl groups is 1. The van der Waals surface area contributed by atoms with E-state index < -0.39 is 10.8 Å². The van der Waals surface area contributed by atoms with E-state index in [9.17, 15) is 9.00 Å². The lowest BCUT2D eigenvalue weighted by Crippen LogP contribution is -2.28. The summed E-state index contributed by atoms with van der Waals surface area (Å²) in [5, 5.41) is 11.0. The highest BCUT2D eigenvalue weighted by Gasteiger charge is 2.09. The molecule has 0 saturated heterocycles. The molecule has 1 atom stereocenters. The van der Waals surface area contributed by atoms with Crippen LogP contribution in [0.25, 0.3) is 0 Å². The number of furan rings is 1. The highest BCUT2D eigenvalue weighted by molar-refractivity contribution is 7.84. The van der Waals surface area contributed by atoms with Crippen molar-refractivity contribution in [3.8, 4) is 0 Å². The number of hydrogen-bond donors (Lipinski definition) is 2. The highest BCUT2D eigenvalue weighted by Crippen LogP contribution is 2.03. The third-order valence-corrected chi connectivity index (χ3v) is 3.06. The predicted molar refractivity (Wildman–Crippen MR) is 64.7 cm³/mol. The second-order valence-corrected chi connectivity index (χ2v) is 4.72. The molecule has 2 N–H and O–H groups in total. The average Bonchev–Trinajstić information content (AvgIpc) is 2.77. The van der Waals surface area contributed by atoms with Crippen LogP contribution in [0.15, 0.2) is 35.0 Å². The Morgan fingerprint density at radius 1 is 1.53 bits per heavy atom. The third kappa shape index (κ3) is 6.03. The summed E-state index contributed by atoms with van der Waals surface area (Å²) in [6.45, 7) is 0.275. The number of carbonyl (C=O) groups excluding carboxylic acids is 1. The van der Waals surface area contributed by atoms with Gasteiger partial charge in [0.05, 0.1) is 18.6 Å². The Hall–Kier alpha value is -1.40. The second kappa shape index (κ2) is 7.81. The van der Waals surface area contributed by atoms with E-state index in [1.54, 1.807) is 18.2 Å². The normalized spacial score (nSPS) is 12.8. The zero-order chi connectivity index (χ0) is 12.5. The van der Waals surface area contributed by atoms with Crippen molar-refractivity contribution < 1.29 is 18.5 Å². The van der Waals surface area contributed by atoms with Crippen molar-refractivity contribution in [1.82, 2.24) is 5.32 Å². The summed E-state index contributed by atoms with van der Waals surface area (Å²) in [6.07, 6.45) is 4.67. The smallest absolute Gasteiger partial charge is 0.232 e. The summed E-state index contributed by atoms with van der Waals surface area (Å²) in [5.41, 5.74) is 0. The van der Waals surface area contributed by atoms with Gasteiger partial charge in [-0.05, 0) is 12.1 Å². The van der Waals surface area contributed by atoms with E-state index in [0.717, 1.165) is 0 Å². The average molecular weight is 257 g/mol. The fraction of sp³-hybridized carbons (Fsp3) is 0.364. The zero-order valence-corrected chi connectivity index (χ0v) is 10.1. The minimum atomic E-state index is -1.27. The molecule has 1 amide bonds. The lowest BCUT2D eigenvalue weighted by atomic mass is 10.5. The zero-order valence-electron chi connectivity index (χ0n) is 9.30. The summed E-state index contributed by atoms with van der Waals surface area (Å²) in [6, 6.07) is 3.44. The van der Waals surface area contributed by atoms with Crippen LogP contribution in [0.4, 0.5) is 0 Å². The number of rotatable bonds is 7. The van der Waals surface area contributed by atoms with E-state index in [4.69, 9.17) is 9.52 Å². The molecule has 0 aromatic carbocycles.